The minimum absolute atomic E-state index is 0.0734. The molecule has 1 atom stereocenters. The summed E-state index contributed by atoms with van der Waals surface area (Å²) < 4.78 is 16.8. The SMILES string of the molecule is CCCCC/C=C\C/C=C\CCCCCCCCCCCC(=O)OCC(COC(=O)CCCCCCCCCCCC)OC(=O)CCCCCCCCCCC/C=C\C/C=C\CCCCC. The van der Waals surface area contributed by atoms with E-state index in [0.717, 1.165) is 70.6 Å². The van der Waals surface area contributed by atoms with Crippen LogP contribution in [-0.2, 0) is 28.6 Å². The van der Waals surface area contributed by atoms with Gasteiger partial charge >= 0.3 is 17.9 Å². The van der Waals surface area contributed by atoms with Crippen molar-refractivity contribution in [2.45, 2.75) is 303 Å². The summed E-state index contributed by atoms with van der Waals surface area (Å²) in [5.74, 6) is -0.871. The summed E-state index contributed by atoms with van der Waals surface area (Å²) in [7, 11) is 0. The fraction of sp³-hybridized carbons (Fsp3) is 0.817. The summed E-state index contributed by atoms with van der Waals surface area (Å²) in [6.07, 6.45) is 66.7. The molecule has 66 heavy (non-hydrogen) atoms. The van der Waals surface area contributed by atoms with Crippen LogP contribution >= 0.6 is 0 Å². The quantitative estimate of drug-likeness (QED) is 0.0262. The van der Waals surface area contributed by atoms with Crippen molar-refractivity contribution in [3.8, 4) is 0 Å². The third kappa shape index (κ3) is 52.3. The average Bonchev–Trinajstić information content (AvgIpc) is 3.31. The van der Waals surface area contributed by atoms with Gasteiger partial charge in [-0.1, -0.05) is 243 Å². The Hall–Kier alpha value is -2.63. The summed E-state index contributed by atoms with van der Waals surface area (Å²) in [5, 5.41) is 0. The van der Waals surface area contributed by atoms with Crippen LogP contribution in [0.15, 0.2) is 48.6 Å². The Labute approximate surface area is 409 Å². The third-order valence-electron chi connectivity index (χ3n) is 12.6. The van der Waals surface area contributed by atoms with Crippen LogP contribution < -0.4 is 0 Å². The second-order valence-electron chi connectivity index (χ2n) is 19.2. The molecule has 0 rings (SSSR count). The summed E-state index contributed by atoms with van der Waals surface area (Å²) in [6.45, 7) is 6.60. The van der Waals surface area contributed by atoms with Crippen molar-refractivity contribution in [1.29, 1.82) is 0 Å². The van der Waals surface area contributed by atoms with Gasteiger partial charge < -0.3 is 14.2 Å². The molecule has 0 aliphatic heterocycles. The summed E-state index contributed by atoms with van der Waals surface area (Å²) in [5.41, 5.74) is 0. The molecule has 0 saturated heterocycles. The van der Waals surface area contributed by atoms with Crippen molar-refractivity contribution >= 4 is 17.9 Å². The fourth-order valence-corrected chi connectivity index (χ4v) is 8.21. The van der Waals surface area contributed by atoms with Gasteiger partial charge in [0.05, 0.1) is 0 Å². The lowest BCUT2D eigenvalue weighted by Crippen LogP contribution is -2.30. The molecule has 6 nitrogen and oxygen atoms in total. The molecule has 0 spiro atoms. The molecule has 0 aromatic carbocycles. The number of esters is 3. The van der Waals surface area contributed by atoms with Crippen molar-refractivity contribution in [2.24, 2.45) is 0 Å². The minimum atomic E-state index is -0.774. The highest BCUT2D eigenvalue weighted by atomic mass is 16.6. The first-order valence-electron chi connectivity index (χ1n) is 28.6. The molecule has 0 fully saturated rings. The normalized spacial score (nSPS) is 12.3. The number of ether oxygens (including phenoxy) is 3. The number of carbonyl (C=O) groups excluding carboxylic acids is 3. The highest BCUT2D eigenvalue weighted by molar-refractivity contribution is 5.71. The lowest BCUT2D eigenvalue weighted by atomic mass is 10.1. The van der Waals surface area contributed by atoms with Crippen LogP contribution in [0.5, 0.6) is 0 Å². The van der Waals surface area contributed by atoms with Crippen LogP contribution in [0.2, 0.25) is 0 Å². The van der Waals surface area contributed by atoms with Gasteiger partial charge in [0.1, 0.15) is 13.2 Å². The molecule has 6 heteroatoms. The molecule has 0 aliphatic carbocycles. The molecule has 0 saturated carbocycles. The first kappa shape index (κ1) is 63.4. The van der Waals surface area contributed by atoms with Crippen LogP contribution in [0.3, 0.4) is 0 Å². The van der Waals surface area contributed by atoms with Crippen molar-refractivity contribution < 1.29 is 28.6 Å². The summed E-state index contributed by atoms with van der Waals surface area (Å²) in [6, 6.07) is 0. The van der Waals surface area contributed by atoms with Crippen LogP contribution in [0, 0.1) is 0 Å². The van der Waals surface area contributed by atoms with E-state index in [-0.39, 0.29) is 31.1 Å². The number of unbranched alkanes of at least 4 members (excludes halogenated alkanes) is 33. The van der Waals surface area contributed by atoms with Crippen molar-refractivity contribution in [3.63, 3.8) is 0 Å². The predicted molar refractivity (Wildman–Crippen MR) is 284 cm³/mol. The zero-order valence-corrected chi connectivity index (χ0v) is 44.0. The smallest absolute Gasteiger partial charge is 0.306 e. The molecular weight excluding hydrogens is 817 g/mol. The topological polar surface area (TPSA) is 78.9 Å². The maximum absolute atomic E-state index is 12.8. The van der Waals surface area contributed by atoms with E-state index in [2.05, 4.69) is 69.4 Å². The van der Waals surface area contributed by atoms with Gasteiger partial charge in [0.25, 0.3) is 0 Å². The highest BCUT2D eigenvalue weighted by Gasteiger charge is 2.19. The van der Waals surface area contributed by atoms with E-state index in [1.165, 1.54) is 186 Å². The summed E-state index contributed by atoms with van der Waals surface area (Å²) in [4.78, 5) is 38.1. The van der Waals surface area contributed by atoms with E-state index in [0.29, 0.717) is 19.3 Å². The Bertz CT molecular complexity index is 1150. The van der Waals surface area contributed by atoms with Gasteiger partial charge in [-0.2, -0.15) is 0 Å². The average molecular weight is 926 g/mol. The van der Waals surface area contributed by atoms with Gasteiger partial charge in [0.15, 0.2) is 6.10 Å². The molecule has 384 valence electrons. The number of hydrogen-bond acceptors (Lipinski definition) is 6. The van der Waals surface area contributed by atoms with E-state index in [4.69, 9.17) is 14.2 Å². The first-order chi connectivity index (χ1) is 32.5. The minimum Gasteiger partial charge on any atom is -0.462 e. The molecule has 1 unspecified atom stereocenters. The number of hydrogen-bond donors (Lipinski definition) is 0. The van der Waals surface area contributed by atoms with Crippen LogP contribution in [0.4, 0.5) is 0 Å². The fourth-order valence-electron chi connectivity index (χ4n) is 8.21. The largest absolute Gasteiger partial charge is 0.462 e. The van der Waals surface area contributed by atoms with Crippen molar-refractivity contribution in [3.05, 3.63) is 48.6 Å². The van der Waals surface area contributed by atoms with Crippen LogP contribution in [0.1, 0.15) is 297 Å². The Morgan fingerprint density at radius 2 is 0.545 bits per heavy atom. The van der Waals surface area contributed by atoms with Crippen LogP contribution in [0.25, 0.3) is 0 Å². The zero-order chi connectivity index (χ0) is 47.9. The lowest BCUT2D eigenvalue weighted by molar-refractivity contribution is -0.167. The number of rotatable bonds is 52. The molecule has 0 N–H and O–H groups in total. The van der Waals surface area contributed by atoms with Gasteiger partial charge in [-0.3, -0.25) is 14.4 Å². The maximum atomic E-state index is 12.8. The Morgan fingerprint density at radius 3 is 0.864 bits per heavy atom. The van der Waals surface area contributed by atoms with E-state index in [9.17, 15) is 14.4 Å². The van der Waals surface area contributed by atoms with Gasteiger partial charge in [-0.15, -0.1) is 0 Å². The summed E-state index contributed by atoms with van der Waals surface area (Å²) >= 11 is 0. The van der Waals surface area contributed by atoms with E-state index in [1.807, 2.05) is 0 Å². The van der Waals surface area contributed by atoms with Gasteiger partial charge in [0, 0.05) is 19.3 Å². The first-order valence-corrected chi connectivity index (χ1v) is 28.6. The number of carbonyl (C=O) groups is 3. The number of allylic oxidation sites excluding steroid dienone is 8. The molecule has 0 aliphatic rings. The van der Waals surface area contributed by atoms with E-state index < -0.39 is 6.10 Å². The molecule has 0 radical (unpaired) electrons. The molecular formula is C60H108O6. The molecule has 0 amide bonds. The molecule has 0 heterocycles. The second-order valence-corrected chi connectivity index (χ2v) is 19.2. The molecule has 0 bridgehead atoms. The monoisotopic (exact) mass is 925 g/mol. The molecule has 0 aromatic heterocycles. The van der Waals surface area contributed by atoms with Crippen molar-refractivity contribution in [2.75, 3.05) is 13.2 Å². The third-order valence-corrected chi connectivity index (χ3v) is 12.6. The lowest BCUT2D eigenvalue weighted by Gasteiger charge is -2.18. The second kappa shape index (κ2) is 55.0. The highest BCUT2D eigenvalue weighted by Crippen LogP contribution is 2.16. The Kier molecular flexibility index (Phi) is 52.8. The van der Waals surface area contributed by atoms with Crippen molar-refractivity contribution in [1.82, 2.24) is 0 Å². The maximum Gasteiger partial charge on any atom is 0.306 e. The van der Waals surface area contributed by atoms with Gasteiger partial charge in [-0.25, -0.2) is 0 Å². The Morgan fingerprint density at radius 1 is 0.303 bits per heavy atom. The van der Waals surface area contributed by atoms with Crippen LogP contribution in [-0.4, -0.2) is 37.2 Å². The van der Waals surface area contributed by atoms with Gasteiger partial charge in [-0.05, 0) is 83.5 Å². The Balaban J connectivity index is 4.30. The standard InChI is InChI=1S/C60H108O6/c1-4-7-10-13-16-19-22-24-26-28-30-32-34-36-38-41-44-47-50-53-59(62)65-56-57(55-64-58(61)52-49-46-43-40-21-18-15-12-9-6-3)66-60(63)54-51-48-45-42-39-37-35-33-31-29-27-25-23-20-17-14-11-8-5-2/h16-17,19-20,24-27,57H,4-15,18,21-23,28-56H2,1-3H3/b19-16-,20-17-,26-24-,27-25-. The van der Waals surface area contributed by atoms with Gasteiger partial charge in [0.2, 0.25) is 0 Å². The van der Waals surface area contributed by atoms with E-state index in [1.54, 1.807) is 0 Å². The zero-order valence-electron chi connectivity index (χ0n) is 44.0. The molecule has 0 aromatic rings. The predicted octanol–water partition coefficient (Wildman–Crippen LogP) is 19.0. The van der Waals surface area contributed by atoms with E-state index >= 15 is 0 Å².